The topological polar surface area (TPSA) is 66.6 Å². The molecule has 0 aliphatic carbocycles. The van der Waals surface area contributed by atoms with Gasteiger partial charge in [-0.1, -0.05) is 18.2 Å². The molecule has 0 radical (unpaired) electrons. The van der Waals surface area contributed by atoms with Crippen molar-refractivity contribution in [1.29, 1.82) is 0 Å². The molecule has 1 saturated heterocycles. The van der Waals surface area contributed by atoms with E-state index in [9.17, 15) is 13.6 Å². The largest absolute Gasteiger partial charge is 0.340 e. The van der Waals surface area contributed by atoms with E-state index in [1.54, 1.807) is 16.2 Å². The second kappa shape index (κ2) is 8.70. The SMILES string of the molecule is O=C(c1ccc(F)cc1F)N1CCCN(c2nc3ccccc3c3nnc(-c4cccs4)n23)CC1. The zero-order chi connectivity index (χ0) is 23.9. The average Bonchev–Trinajstić information content (AvgIpc) is 3.48. The van der Waals surface area contributed by atoms with Gasteiger partial charge in [0, 0.05) is 37.6 Å². The Bertz CT molecular complexity index is 1550. The molecule has 0 unspecified atom stereocenters. The lowest BCUT2D eigenvalue weighted by molar-refractivity contribution is 0.0762. The summed E-state index contributed by atoms with van der Waals surface area (Å²) in [5.41, 5.74) is 1.41. The van der Waals surface area contributed by atoms with E-state index in [0.29, 0.717) is 44.4 Å². The number of halogens is 2. The Morgan fingerprint density at radius 1 is 0.943 bits per heavy atom. The summed E-state index contributed by atoms with van der Waals surface area (Å²) in [6.45, 7) is 1.99. The molecule has 35 heavy (non-hydrogen) atoms. The molecule has 3 aromatic heterocycles. The molecular weight excluding hydrogens is 470 g/mol. The fourth-order valence-corrected chi connectivity index (χ4v) is 5.20. The Morgan fingerprint density at radius 2 is 1.83 bits per heavy atom. The van der Waals surface area contributed by atoms with Crippen LogP contribution in [-0.2, 0) is 0 Å². The molecule has 6 rings (SSSR count). The van der Waals surface area contributed by atoms with Crippen molar-refractivity contribution in [2.75, 3.05) is 31.1 Å². The molecule has 0 bridgehead atoms. The van der Waals surface area contributed by atoms with E-state index in [4.69, 9.17) is 4.98 Å². The van der Waals surface area contributed by atoms with Crippen molar-refractivity contribution in [1.82, 2.24) is 24.5 Å². The quantitative estimate of drug-likeness (QED) is 0.369. The first-order valence-electron chi connectivity index (χ1n) is 11.3. The van der Waals surface area contributed by atoms with Crippen LogP contribution in [0, 0.1) is 11.6 Å². The zero-order valence-corrected chi connectivity index (χ0v) is 19.4. The van der Waals surface area contributed by atoms with E-state index >= 15 is 0 Å². The Kier molecular flexibility index (Phi) is 5.37. The number of anilines is 1. The fourth-order valence-electron chi connectivity index (χ4n) is 4.50. The van der Waals surface area contributed by atoms with Gasteiger partial charge in [0.25, 0.3) is 5.91 Å². The summed E-state index contributed by atoms with van der Waals surface area (Å²) >= 11 is 1.58. The highest BCUT2D eigenvalue weighted by molar-refractivity contribution is 7.13. The van der Waals surface area contributed by atoms with Gasteiger partial charge in [-0.25, -0.2) is 18.2 Å². The van der Waals surface area contributed by atoms with Crippen LogP contribution in [0.3, 0.4) is 0 Å². The molecule has 5 aromatic rings. The van der Waals surface area contributed by atoms with Gasteiger partial charge in [-0.3, -0.25) is 4.79 Å². The minimum Gasteiger partial charge on any atom is -0.340 e. The van der Waals surface area contributed by atoms with Crippen LogP contribution in [0.5, 0.6) is 0 Å². The number of benzene rings is 2. The number of amides is 1. The number of hydrogen-bond acceptors (Lipinski definition) is 6. The van der Waals surface area contributed by atoms with E-state index in [-0.39, 0.29) is 5.56 Å². The van der Waals surface area contributed by atoms with E-state index in [1.807, 2.05) is 46.2 Å². The maximum Gasteiger partial charge on any atom is 0.256 e. The Morgan fingerprint density at radius 3 is 2.66 bits per heavy atom. The summed E-state index contributed by atoms with van der Waals surface area (Å²) < 4.78 is 29.5. The summed E-state index contributed by atoms with van der Waals surface area (Å²) in [5, 5.41) is 11.9. The number of nitrogens with zero attached hydrogens (tertiary/aromatic N) is 6. The summed E-state index contributed by atoms with van der Waals surface area (Å²) in [6.07, 6.45) is 0.668. The van der Waals surface area contributed by atoms with Crippen LogP contribution in [0.4, 0.5) is 14.7 Å². The third kappa shape index (κ3) is 3.79. The first-order chi connectivity index (χ1) is 17.1. The van der Waals surface area contributed by atoms with Crippen molar-refractivity contribution in [3.8, 4) is 10.7 Å². The van der Waals surface area contributed by atoms with Gasteiger partial charge in [0.1, 0.15) is 11.6 Å². The number of thiophene rings is 1. The van der Waals surface area contributed by atoms with Crippen LogP contribution >= 0.6 is 11.3 Å². The smallest absolute Gasteiger partial charge is 0.256 e. The minimum absolute atomic E-state index is 0.120. The van der Waals surface area contributed by atoms with E-state index < -0.39 is 17.5 Å². The standard InChI is InChI=1S/C25H20F2N6OS/c26-16-8-9-17(19(27)15-16)24(34)31-10-4-11-32(13-12-31)25-28-20-6-2-1-5-18(20)22-29-30-23(33(22)25)21-7-3-14-35-21/h1-3,5-9,14-15H,4,10-13H2. The number of rotatable bonds is 3. The maximum absolute atomic E-state index is 14.2. The monoisotopic (exact) mass is 490 g/mol. The summed E-state index contributed by atoms with van der Waals surface area (Å²) in [4.78, 5) is 22.7. The first-order valence-corrected chi connectivity index (χ1v) is 12.1. The third-order valence-corrected chi connectivity index (χ3v) is 7.06. The fraction of sp³-hybridized carbons (Fsp3) is 0.200. The summed E-state index contributed by atoms with van der Waals surface area (Å²) in [7, 11) is 0. The van der Waals surface area contributed by atoms with E-state index in [0.717, 1.165) is 33.6 Å². The van der Waals surface area contributed by atoms with Crippen molar-refractivity contribution in [2.45, 2.75) is 6.42 Å². The van der Waals surface area contributed by atoms with Crippen LogP contribution < -0.4 is 4.90 Å². The molecule has 0 spiro atoms. The van der Waals surface area contributed by atoms with Crippen LogP contribution in [0.15, 0.2) is 60.0 Å². The van der Waals surface area contributed by atoms with E-state index in [1.165, 1.54) is 6.07 Å². The number of hydrogen-bond donors (Lipinski definition) is 0. The number of fused-ring (bicyclic) bond motifs is 3. The Hall–Kier alpha value is -3.92. The highest BCUT2D eigenvalue weighted by Crippen LogP contribution is 2.31. The second-order valence-electron chi connectivity index (χ2n) is 8.35. The molecule has 7 nitrogen and oxygen atoms in total. The molecule has 0 saturated carbocycles. The lowest BCUT2D eigenvalue weighted by Gasteiger charge is -2.24. The van der Waals surface area contributed by atoms with Crippen LogP contribution in [0.1, 0.15) is 16.8 Å². The molecule has 4 heterocycles. The van der Waals surface area contributed by atoms with Crippen molar-refractivity contribution in [2.24, 2.45) is 0 Å². The van der Waals surface area contributed by atoms with Gasteiger partial charge in [0.15, 0.2) is 11.5 Å². The normalized spacial score (nSPS) is 14.6. The summed E-state index contributed by atoms with van der Waals surface area (Å²) in [6, 6.07) is 14.8. The number of carbonyl (C=O) groups is 1. The van der Waals surface area contributed by atoms with Gasteiger partial charge in [-0.05, 0) is 42.1 Å². The van der Waals surface area contributed by atoms with Crippen molar-refractivity contribution >= 4 is 39.7 Å². The first kappa shape index (κ1) is 21.6. The predicted molar refractivity (Wildman–Crippen MR) is 131 cm³/mol. The molecule has 0 atom stereocenters. The lowest BCUT2D eigenvalue weighted by atomic mass is 10.1. The van der Waals surface area contributed by atoms with Crippen molar-refractivity contribution in [3.63, 3.8) is 0 Å². The molecule has 1 amide bonds. The molecule has 176 valence electrons. The van der Waals surface area contributed by atoms with Crippen LogP contribution in [-0.4, -0.2) is 56.6 Å². The number of aromatic nitrogens is 4. The molecule has 0 N–H and O–H groups in total. The third-order valence-electron chi connectivity index (χ3n) is 6.20. The van der Waals surface area contributed by atoms with Gasteiger partial charge < -0.3 is 9.80 Å². The minimum atomic E-state index is -0.848. The van der Waals surface area contributed by atoms with E-state index in [2.05, 4.69) is 15.1 Å². The molecular formula is C25H20F2N6OS. The van der Waals surface area contributed by atoms with Gasteiger partial charge in [0.2, 0.25) is 5.95 Å². The van der Waals surface area contributed by atoms with Gasteiger partial charge in [0.05, 0.1) is 16.0 Å². The van der Waals surface area contributed by atoms with Crippen molar-refractivity contribution < 1.29 is 13.6 Å². The highest BCUT2D eigenvalue weighted by Gasteiger charge is 2.26. The van der Waals surface area contributed by atoms with Gasteiger partial charge in [-0.2, -0.15) is 0 Å². The van der Waals surface area contributed by atoms with Gasteiger partial charge in [-0.15, -0.1) is 21.5 Å². The second-order valence-corrected chi connectivity index (χ2v) is 9.29. The lowest BCUT2D eigenvalue weighted by Crippen LogP contribution is -2.36. The molecule has 1 aliphatic heterocycles. The Balaban J connectivity index is 1.38. The van der Waals surface area contributed by atoms with Crippen LogP contribution in [0.2, 0.25) is 0 Å². The predicted octanol–water partition coefficient (Wildman–Crippen LogP) is 4.64. The molecule has 1 aliphatic rings. The number of carbonyl (C=O) groups excluding carboxylic acids is 1. The highest BCUT2D eigenvalue weighted by atomic mass is 32.1. The number of para-hydroxylation sites is 1. The summed E-state index contributed by atoms with van der Waals surface area (Å²) in [5.74, 6) is -0.574. The average molecular weight is 491 g/mol. The molecule has 1 fully saturated rings. The molecule has 10 heteroatoms. The Labute approximate surface area is 203 Å². The maximum atomic E-state index is 14.2. The molecule has 2 aromatic carbocycles. The van der Waals surface area contributed by atoms with Crippen LogP contribution in [0.25, 0.3) is 27.3 Å². The van der Waals surface area contributed by atoms with Gasteiger partial charge >= 0.3 is 0 Å². The zero-order valence-electron chi connectivity index (χ0n) is 18.6. The van der Waals surface area contributed by atoms with Crippen molar-refractivity contribution in [3.05, 3.63) is 77.2 Å².